The van der Waals surface area contributed by atoms with E-state index in [-0.39, 0.29) is 0 Å². The lowest BCUT2D eigenvalue weighted by Gasteiger charge is -2.04. The standard InChI is InChI=1S/C12H12N4OS/c1-17-10-5-4-9-11(15-10)16(12(13)14-9)7-8-3-2-6-18-8/h2-6H,7H2,1H3,(H2,13,14). The first kappa shape index (κ1) is 11.0. The summed E-state index contributed by atoms with van der Waals surface area (Å²) >= 11 is 1.69. The van der Waals surface area contributed by atoms with Gasteiger partial charge in [0.05, 0.1) is 13.7 Å². The Labute approximate surface area is 108 Å². The number of fused-ring (bicyclic) bond motifs is 1. The van der Waals surface area contributed by atoms with Gasteiger partial charge in [0.2, 0.25) is 11.8 Å². The van der Waals surface area contributed by atoms with Gasteiger partial charge in [-0.1, -0.05) is 6.07 Å². The zero-order valence-electron chi connectivity index (χ0n) is 9.83. The molecule has 0 amide bonds. The second-order valence-electron chi connectivity index (χ2n) is 3.83. The predicted molar refractivity (Wildman–Crippen MR) is 71.9 cm³/mol. The molecule has 3 rings (SSSR count). The number of nitrogen functional groups attached to an aromatic ring is 1. The number of ether oxygens (including phenoxy) is 1. The average Bonchev–Trinajstić information content (AvgIpc) is 2.99. The molecule has 0 aliphatic rings. The van der Waals surface area contributed by atoms with Gasteiger partial charge < -0.3 is 10.5 Å². The van der Waals surface area contributed by atoms with E-state index < -0.39 is 0 Å². The van der Waals surface area contributed by atoms with Crippen molar-refractivity contribution < 1.29 is 4.74 Å². The van der Waals surface area contributed by atoms with Gasteiger partial charge in [-0.15, -0.1) is 11.3 Å². The summed E-state index contributed by atoms with van der Waals surface area (Å²) in [6.45, 7) is 0.681. The van der Waals surface area contributed by atoms with Crippen LogP contribution in [0.5, 0.6) is 5.88 Å². The van der Waals surface area contributed by atoms with Crippen LogP contribution in [-0.2, 0) is 6.54 Å². The van der Waals surface area contributed by atoms with Crippen molar-refractivity contribution in [3.63, 3.8) is 0 Å². The van der Waals surface area contributed by atoms with Gasteiger partial charge in [-0.25, -0.2) is 4.98 Å². The van der Waals surface area contributed by atoms with E-state index in [4.69, 9.17) is 10.5 Å². The smallest absolute Gasteiger partial charge is 0.215 e. The Morgan fingerprint density at radius 1 is 1.33 bits per heavy atom. The van der Waals surface area contributed by atoms with Crippen molar-refractivity contribution in [2.75, 3.05) is 12.8 Å². The normalized spacial score (nSPS) is 10.9. The average molecular weight is 260 g/mol. The van der Waals surface area contributed by atoms with Crippen LogP contribution in [0.25, 0.3) is 11.2 Å². The van der Waals surface area contributed by atoms with E-state index in [0.717, 1.165) is 11.2 Å². The minimum absolute atomic E-state index is 0.471. The van der Waals surface area contributed by atoms with Crippen LogP contribution in [0.2, 0.25) is 0 Å². The van der Waals surface area contributed by atoms with Crippen LogP contribution >= 0.6 is 11.3 Å². The third kappa shape index (κ3) is 1.80. The first-order valence-electron chi connectivity index (χ1n) is 5.47. The van der Waals surface area contributed by atoms with E-state index in [1.807, 2.05) is 22.1 Å². The van der Waals surface area contributed by atoms with Gasteiger partial charge in [-0.3, -0.25) is 4.57 Å². The zero-order chi connectivity index (χ0) is 12.5. The van der Waals surface area contributed by atoms with Crippen LogP contribution < -0.4 is 10.5 Å². The lowest BCUT2D eigenvalue weighted by atomic mass is 10.4. The van der Waals surface area contributed by atoms with E-state index in [1.165, 1.54) is 4.88 Å². The molecular weight excluding hydrogens is 248 g/mol. The third-order valence-electron chi connectivity index (χ3n) is 2.70. The number of hydrogen-bond donors (Lipinski definition) is 1. The second-order valence-corrected chi connectivity index (χ2v) is 4.86. The van der Waals surface area contributed by atoms with Crippen molar-refractivity contribution >= 4 is 28.4 Å². The highest BCUT2D eigenvalue weighted by Crippen LogP contribution is 2.21. The lowest BCUT2D eigenvalue weighted by Crippen LogP contribution is -2.04. The second kappa shape index (κ2) is 4.30. The van der Waals surface area contributed by atoms with Crippen LogP contribution in [-0.4, -0.2) is 21.6 Å². The molecule has 0 aromatic carbocycles. The van der Waals surface area contributed by atoms with Gasteiger partial charge in [-0.2, -0.15) is 4.98 Å². The minimum atomic E-state index is 0.471. The number of rotatable bonds is 3. The highest BCUT2D eigenvalue weighted by atomic mass is 32.1. The molecular formula is C12H12N4OS. The number of pyridine rings is 1. The first-order chi connectivity index (χ1) is 8.78. The molecule has 18 heavy (non-hydrogen) atoms. The van der Waals surface area contributed by atoms with Gasteiger partial charge in [0.15, 0.2) is 5.65 Å². The number of nitrogens with two attached hydrogens (primary N) is 1. The van der Waals surface area contributed by atoms with Crippen molar-refractivity contribution in [2.24, 2.45) is 0 Å². The van der Waals surface area contributed by atoms with E-state index in [1.54, 1.807) is 24.5 Å². The minimum Gasteiger partial charge on any atom is -0.481 e. The molecule has 0 aliphatic carbocycles. The van der Waals surface area contributed by atoms with Crippen molar-refractivity contribution in [1.82, 2.24) is 14.5 Å². The molecule has 0 radical (unpaired) electrons. The molecule has 92 valence electrons. The fourth-order valence-electron chi connectivity index (χ4n) is 1.83. The van der Waals surface area contributed by atoms with Crippen LogP contribution in [0.3, 0.4) is 0 Å². The largest absolute Gasteiger partial charge is 0.481 e. The van der Waals surface area contributed by atoms with Crippen LogP contribution in [0.4, 0.5) is 5.95 Å². The Balaban J connectivity index is 2.11. The van der Waals surface area contributed by atoms with Crippen molar-refractivity contribution in [3.05, 3.63) is 34.5 Å². The molecule has 6 heteroatoms. The topological polar surface area (TPSA) is 66.0 Å². The number of aromatic nitrogens is 3. The lowest BCUT2D eigenvalue weighted by molar-refractivity contribution is 0.399. The Morgan fingerprint density at radius 3 is 2.94 bits per heavy atom. The number of anilines is 1. The summed E-state index contributed by atoms with van der Waals surface area (Å²) in [4.78, 5) is 9.91. The fraction of sp³-hybridized carbons (Fsp3) is 0.167. The molecule has 0 saturated carbocycles. The molecule has 2 N–H and O–H groups in total. The van der Waals surface area contributed by atoms with E-state index in [9.17, 15) is 0 Å². The third-order valence-corrected chi connectivity index (χ3v) is 3.56. The number of thiophene rings is 1. The molecule has 3 heterocycles. The van der Waals surface area contributed by atoms with Gasteiger partial charge in [0.25, 0.3) is 0 Å². The maximum atomic E-state index is 5.94. The summed E-state index contributed by atoms with van der Waals surface area (Å²) in [5, 5.41) is 2.04. The highest BCUT2D eigenvalue weighted by Gasteiger charge is 2.11. The highest BCUT2D eigenvalue weighted by molar-refractivity contribution is 7.09. The number of nitrogens with zero attached hydrogens (tertiary/aromatic N) is 3. The SMILES string of the molecule is COc1ccc2nc(N)n(Cc3cccs3)c2n1. The van der Waals surface area contributed by atoms with Gasteiger partial charge in [-0.05, 0) is 17.5 Å². The number of methoxy groups -OCH3 is 1. The molecule has 5 nitrogen and oxygen atoms in total. The fourth-order valence-corrected chi connectivity index (χ4v) is 2.52. The van der Waals surface area contributed by atoms with Crippen molar-refractivity contribution in [3.8, 4) is 5.88 Å². The maximum absolute atomic E-state index is 5.94. The van der Waals surface area contributed by atoms with Crippen LogP contribution in [0.15, 0.2) is 29.6 Å². The molecule has 0 bridgehead atoms. The van der Waals surface area contributed by atoms with E-state index in [2.05, 4.69) is 16.0 Å². The number of hydrogen-bond acceptors (Lipinski definition) is 5. The zero-order valence-corrected chi connectivity index (χ0v) is 10.6. The van der Waals surface area contributed by atoms with E-state index >= 15 is 0 Å². The summed E-state index contributed by atoms with van der Waals surface area (Å²) < 4.78 is 7.02. The Bertz CT molecular complexity index is 675. The molecule has 0 unspecified atom stereocenters. The van der Waals surface area contributed by atoms with E-state index in [0.29, 0.717) is 18.4 Å². The quantitative estimate of drug-likeness (QED) is 0.783. The molecule has 3 aromatic rings. The molecule has 3 aromatic heterocycles. The molecule has 0 spiro atoms. The number of imidazole rings is 1. The van der Waals surface area contributed by atoms with Gasteiger partial charge in [0, 0.05) is 10.9 Å². The van der Waals surface area contributed by atoms with Gasteiger partial charge >= 0.3 is 0 Å². The van der Waals surface area contributed by atoms with Crippen molar-refractivity contribution in [1.29, 1.82) is 0 Å². The molecule has 0 aliphatic heterocycles. The van der Waals surface area contributed by atoms with Gasteiger partial charge in [0.1, 0.15) is 5.52 Å². The summed E-state index contributed by atoms with van der Waals surface area (Å²) in [6.07, 6.45) is 0. The van der Waals surface area contributed by atoms with Crippen molar-refractivity contribution in [2.45, 2.75) is 6.54 Å². The Kier molecular flexibility index (Phi) is 2.64. The molecule has 0 fully saturated rings. The maximum Gasteiger partial charge on any atom is 0.215 e. The summed E-state index contributed by atoms with van der Waals surface area (Å²) in [6, 6.07) is 7.73. The summed E-state index contributed by atoms with van der Waals surface area (Å²) in [7, 11) is 1.59. The van der Waals surface area contributed by atoms with Crippen LogP contribution in [0, 0.1) is 0 Å². The summed E-state index contributed by atoms with van der Waals surface area (Å²) in [5.41, 5.74) is 7.47. The Hall–Kier alpha value is -2.08. The monoisotopic (exact) mass is 260 g/mol. The predicted octanol–water partition coefficient (Wildman–Crippen LogP) is 2.13. The Morgan fingerprint density at radius 2 is 2.22 bits per heavy atom. The molecule has 0 atom stereocenters. The summed E-state index contributed by atoms with van der Waals surface area (Å²) in [5.74, 6) is 1.04. The molecule has 0 saturated heterocycles. The van der Waals surface area contributed by atoms with Crippen LogP contribution in [0.1, 0.15) is 4.88 Å². The first-order valence-corrected chi connectivity index (χ1v) is 6.35.